The van der Waals surface area contributed by atoms with Crippen molar-refractivity contribution < 1.29 is 13.2 Å². The summed E-state index contributed by atoms with van der Waals surface area (Å²) in [6.07, 6.45) is 1.97. The highest BCUT2D eigenvalue weighted by Gasteiger charge is 2.12. The van der Waals surface area contributed by atoms with E-state index in [4.69, 9.17) is 0 Å². The normalized spacial score (nSPS) is 11.2. The van der Waals surface area contributed by atoms with Crippen LogP contribution in [0.3, 0.4) is 0 Å². The summed E-state index contributed by atoms with van der Waals surface area (Å²) < 4.78 is 26.1. The minimum Gasteiger partial charge on any atom is -0.338 e. The second-order valence-electron chi connectivity index (χ2n) is 6.65. The Hall–Kier alpha value is -3.20. The van der Waals surface area contributed by atoms with Crippen LogP contribution in [0.15, 0.2) is 60.9 Å². The molecule has 0 radical (unpaired) electrons. The lowest BCUT2D eigenvalue weighted by atomic mass is 10.2. The van der Waals surface area contributed by atoms with Crippen molar-refractivity contribution in [3.63, 3.8) is 0 Å². The number of hydrogen-bond acceptors (Lipinski definition) is 5. The Morgan fingerprint density at radius 1 is 1.07 bits per heavy atom. The van der Waals surface area contributed by atoms with Gasteiger partial charge in [0.15, 0.2) is 15.7 Å². The molecule has 0 aliphatic carbocycles. The first-order valence-corrected chi connectivity index (χ1v) is 11.0. The zero-order chi connectivity index (χ0) is 20.7. The predicted molar refractivity (Wildman–Crippen MR) is 112 cm³/mol. The van der Waals surface area contributed by atoms with Gasteiger partial charge in [-0.05, 0) is 36.2 Å². The van der Waals surface area contributed by atoms with E-state index >= 15 is 0 Å². The molecule has 9 heteroatoms. The van der Waals surface area contributed by atoms with Crippen LogP contribution in [0.25, 0.3) is 11.4 Å². The number of carbonyl (C=O) groups excluding carboxylic acids is 1. The van der Waals surface area contributed by atoms with Crippen molar-refractivity contribution in [2.45, 2.75) is 12.2 Å². The Kier molecular flexibility index (Phi) is 6.61. The third kappa shape index (κ3) is 6.15. The monoisotopic (exact) mass is 413 g/mol. The summed E-state index contributed by atoms with van der Waals surface area (Å²) in [7, 11) is -1.35. The molecule has 3 rings (SSSR count). The Balaban J connectivity index is 1.41. The number of aryl methyl sites for hydroxylation is 1. The Morgan fingerprint density at radius 2 is 1.79 bits per heavy atom. The molecule has 152 valence electrons. The predicted octanol–water partition coefficient (Wildman–Crippen LogP) is 2.61. The summed E-state index contributed by atoms with van der Waals surface area (Å²) in [5, 5.41) is 13.3. The standard InChI is InChI=1S/C20H23N5O3S/c1-25-15-22-24-19(25)17-8-10-18(11-9-17)23-20(26)21-12-5-13-29(27,28)14-16-6-3-2-4-7-16/h2-4,6-11,15H,5,12-14H2,1H3,(H2,21,23,26). The third-order valence-corrected chi connectivity index (χ3v) is 5.94. The lowest BCUT2D eigenvalue weighted by Gasteiger charge is -2.09. The summed E-state index contributed by atoms with van der Waals surface area (Å²) in [5.41, 5.74) is 2.28. The van der Waals surface area contributed by atoms with E-state index in [0.717, 1.165) is 17.0 Å². The quantitative estimate of drug-likeness (QED) is 0.552. The van der Waals surface area contributed by atoms with Gasteiger partial charge in [0.2, 0.25) is 0 Å². The lowest BCUT2D eigenvalue weighted by Crippen LogP contribution is -2.30. The van der Waals surface area contributed by atoms with Gasteiger partial charge in [-0.2, -0.15) is 0 Å². The second-order valence-corrected chi connectivity index (χ2v) is 8.84. The second kappa shape index (κ2) is 9.33. The highest BCUT2D eigenvalue weighted by Crippen LogP contribution is 2.18. The smallest absolute Gasteiger partial charge is 0.319 e. The Labute approximate surface area is 169 Å². The Morgan fingerprint density at radius 3 is 2.45 bits per heavy atom. The van der Waals surface area contributed by atoms with E-state index in [1.165, 1.54) is 0 Å². The number of amides is 2. The number of rotatable bonds is 8. The fourth-order valence-corrected chi connectivity index (χ4v) is 4.25. The van der Waals surface area contributed by atoms with Crippen LogP contribution in [0.2, 0.25) is 0 Å². The molecule has 3 aromatic rings. The van der Waals surface area contributed by atoms with Crippen molar-refractivity contribution in [1.82, 2.24) is 20.1 Å². The van der Waals surface area contributed by atoms with Crippen LogP contribution in [-0.2, 0) is 22.6 Å². The molecule has 1 heterocycles. The number of aromatic nitrogens is 3. The van der Waals surface area contributed by atoms with Crippen LogP contribution in [-0.4, -0.2) is 41.5 Å². The fourth-order valence-electron chi connectivity index (χ4n) is 2.82. The maximum absolute atomic E-state index is 12.1. The molecule has 0 aliphatic heterocycles. The van der Waals surface area contributed by atoms with E-state index in [1.54, 1.807) is 35.2 Å². The van der Waals surface area contributed by atoms with E-state index in [9.17, 15) is 13.2 Å². The number of nitrogens with zero attached hydrogens (tertiary/aromatic N) is 3. The SMILES string of the molecule is Cn1cnnc1-c1ccc(NC(=O)NCCCS(=O)(=O)Cc2ccccc2)cc1. The van der Waals surface area contributed by atoms with Crippen LogP contribution in [0.5, 0.6) is 0 Å². The van der Waals surface area contributed by atoms with Crippen LogP contribution in [0.1, 0.15) is 12.0 Å². The lowest BCUT2D eigenvalue weighted by molar-refractivity contribution is 0.252. The fraction of sp³-hybridized carbons (Fsp3) is 0.250. The molecule has 0 fully saturated rings. The molecule has 2 N–H and O–H groups in total. The van der Waals surface area contributed by atoms with E-state index in [2.05, 4.69) is 20.8 Å². The maximum atomic E-state index is 12.1. The summed E-state index contributed by atoms with van der Waals surface area (Å²) in [6, 6.07) is 15.9. The van der Waals surface area contributed by atoms with Gasteiger partial charge in [0.05, 0.1) is 11.5 Å². The van der Waals surface area contributed by atoms with Gasteiger partial charge in [-0.15, -0.1) is 10.2 Å². The van der Waals surface area contributed by atoms with Crippen LogP contribution >= 0.6 is 0 Å². The number of carbonyl (C=O) groups is 1. The van der Waals surface area contributed by atoms with Gasteiger partial charge in [0, 0.05) is 24.8 Å². The molecular formula is C20H23N5O3S. The molecule has 0 bridgehead atoms. The molecule has 2 aromatic carbocycles. The first-order valence-electron chi connectivity index (χ1n) is 9.16. The average molecular weight is 414 g/mol. The zero-order valence-corrected chi connectivity index (χ0v) is 16.9. The van der Waals surface area contributed by atoms with Crippen molar-refractivity contribution in [1.29, 1.82) is 0 Å². The molecule has 29 heavy (non-hydrogen) atoms. The zero-order valence-electron chi connectivity index (χ0n) is 16.1. The van der Waals surface area contributed by atoms with Crippen LogP contribution in [0, 0.1) is 0 Å². The van der Waals surface area contributed by atoms with Crippen molar-refractivity contribution in [2.24, 2.45) is 7.05 Å². The number of benzene rings is 2. The van der Waals surface area contributed by atoms with Crippen molar-refractivity contribution in [2.75, 3.05) is 17.6 Å². The molecule has 0 spiro atoms. The van der Waals surface area contributed by atoms with Gasteiger partial charge in [0.1, 0.15) is 6.33 Å². The van der Waals surface area contributed by atoms with Gasteiger partial charge in [-0.25, -0.2) is 13.2 Å². The molecule has 2 amide bonds. The maximum Gasteiger partial charge on any atom is 0.319 e. The highest BCUT2D eigenvalue weighted by atomic mass is 32.2. The van der Waals surface area contributed by atoms with Gasteiger partial charge < -0.3 is 15.2 Å². The molecule has 8 nitrogen and oxygen atoms in total. The van der Waals surface area contributed by atoms with Crippen molar-refractivity contribution >= 4 is 21.6 Å². The van der Waals surface area contributed by atoms with E-state index in [-0.39, 0.29) is 24.1 Å². The molecule has 0 saturated heterocycles. The third-order valence-electron chi connectivity index (χ3n) is 4.26. The topological polar surface area (TPSA) is 106 Å². The first-order chi connectivity index (χ1) is 13.9. The number of sulfone groups is 1. The van der Waals surface area contributed by atoms with E-state index < -0.39 is 9.84 Å². The summed E-state index contributed by atoms with van der Waals surface area (Å²) in [4.78, 5) is 12.0. The summed E-state index contributed by atoms with van der Waals surface area (Å²) in [5.74, 6) is 0.768. The summed E-state index contributed by atoms with van der Waals surface area (Å²) in [6.45, 7) is 0.275. The van der Waals surface area contributed by atoms with Crippen molar-refractivity contribution in [3.05, 3.63) is 66.5 Å². The van der Waals surface area contributed by atoms with E-state index in [0.29, 0.717) is 12.1 Å². The number of urea groups is 1. The van der Waals surface area contributed by atoms with Gasteiger partial charge in [0.25, 0.3) is 0 Å². The van der Waals surface area contributed by atoms with Crippen LogP contribution in [0.4, 0.5) is 10.5 Å². The molecule has 0 aliphatic rings. The average Bonchev–Trinajstić information content (AvgIpc) is 3.12. The minimum absolute atomic E-state index is 0.0118. The first kappa shape index (κ1) is 20.5. The highest BCUT2D eigenvalue weighted by molar-refractivity contribution is 7.90. The molecular weight excluding hydrogens is 390 g/mol. The Bertz CT molecular complexity index is 1050. The molecule has 0 unspecified atom stereocenters. The minimum atomic E-state index is -3.21. The van der Waals surface area contributed by atoms with Gasteiger partial charge in [-0.3, -0.25) is 0 Å². The number of anilines is 1. The van der Waals surface area contributed by atoms with Gasteiger partial charge in [-0.1, -0.05) is 30.3 Å². The van der Waals surface area contributed by atoms with Gasteiger partial charge >= 0.3 is 6.03 Å². The summed E-state index contributed by atoms with van der Waals surface area (Å²) >= 11 is 0. The molecule has 0 atom stereocenters. The van der Waals surface area contributed by atoms with Crippen LogP contribution < -0.4 is 10.6 Å². The number of nitrogens with one attached hydrogen (secondary N) is 2. The largest absolute Gasteiger partial charge is 0.338 e. The molecule has 1 aromatic heterocycles. The number of hydrogen-bond donors (Lipinski definition) is 2. The van der Waals surface area contributed by atoms with Crippen molar-refractivity contribution in [3.8, 4) is 11.4 Å². The van der Waals surface area contributed by atoms with E-state index in [1.807, 2.05) is 37.4 Å². The molecule has 0 saturated carbocycles.